The number of pyridine rings is 1. The van der Waals surface area contributed by atoms with E-state index in [2.05, 4.69) is 20.5 Å². The minimum atomic E-state index is -1.85. The Labute approximate surface area is 144 Å². The number of aromatic nitrogens is 4. The number of esters is 2. The van der Waals surface area contributed by atoms with Gasteiger partial charge in [-0.25, -0.2) is 4.79 Å². The molecule has 0 aromatic carbocycles. The van der Waals surface area contributed by atoms with Crippen LogP contribution < -0.4 is 5.32 Å². The van der Waals surface area contributed by atoms with E-state index in [1.165, 1.54) is 37.2 Å². The van der Waals surface area contributed by atoms with Crippen LogP contribution in [0.3, 0.4) is 0 Å². The molecule has 2 aliphatic rings. The zero-order valence-corrected chi connectivity index (χ0v) is 13.9. The van der Waals surface area contributed by atoms with Crippen LogP contribution in [-0.2, 0) is 24.7 Å². The van der Waals surface area contributed by atoms with Crippen molar-refractivity contribution in [1.82, 2.24) is 25.1 Å². The minimum absolute atomic E-state index is 0.237. The van der Waals surface area contributed by atoms with E-state index in [1.807, 2.05) is 0 Å². The van der Waals surface area contributed by atoms with Gasteiger partial charge < -0.3 is 14.8 Å². The molecule has 0 aliphatic carbocycles. The van der Waals surface area contributed by atoms with E-state index in [0.717, 1.165) is 11.8 Å². The summed E-state index contributed by atoms with van der Waals surface area (Å²) in [5.41, 5.74) is -1.19. The second-order valence-electron chi connectivity index (χ2n) is 5.30. The molecular weight excluding hydrogens is 350 g/mol. The fourth-order valence-corrected chi connectivity index (χ4v) is 4.27. The highest BCUT2D eigenvalue weighted by atomic mass is 32.2. The van der Waals surface area contributed by atoms with Crippen LogP contribution >= 0.6 is 11.8 Å². The fourth-order valence-electron chi connectivity index (χ4n) is 3.01. The summed E-state index contributed by atoms with van der Waals surface area (Å²) in [4.78, 5) is 41.9. The first-order valence-electron chi connectivity index (χ1n) is 7.10. The van der Waals surface area contributed by atoms with Gasteiger partial charge in [-0.05, 0) is 6.07 Å². The molecule has 0 saturated heterocycles. The maximum atomic E-state index is 12.8. The van der Waals surface area contributed by atoms with E-state index in [1.54, 1.807) is 0 Å². The Hall–Kier alpha value is -2.95. The highest BCUT2D eigenvalue weighted by Gasteiger charge is 2.62. The van der Waals surface area contributed by atoms with Gasteiger partial charge in [0, 0.05) is 12.4 Å². The van der Waals surface area contributed by atoms with E-state index in [9.17, 15) is 14.4 Å². The summed E-state index contributed by atoms with van der Waals surface area (Å²) >= 11 is 0.970. The molecule has 2 aromatic rings. The third-order valence-electron chi connectivity index (χ3n) is 4.11. The molecule has 2 aromatic heterocycles. The van der Waals surface area contributed by atoms with E-state index < -0.39 is 28.8 Å². The van der Waals surface area contributed by atoms with Crippen molar-refractivity contribution < 1.29 is 23.9 Å². The molecule has 2 atom stereocenters. The summed E-state index contributed by atoms with van der Waals surface area (Å²) in [6.45, 7) is 0. The summed E-state index contributed by atoms with van der Waals surface area (Å²) in [5.74, 6) is -1.85. The molecule has 0 fully saturated rings. The van der Waals surface area contributed by atoms with Crippen LogP contribution in [0, 0.1) is 0 Å². The minimum Gasteiger partial charge on any atom is -0.468 e. The quantitative estimate of drug-likeness (QED) is 0.708. The normalized spacial score (nSPS) is 23.1. The Morgan fingerprint density at radius 3 is 2.80 bits per heavy atom. The van der Waals surface area contributed by atoms with Crippen LogP contribution in [0.25, 0.3) is 11.4 Å². The fraction of sp³-hybridized carbons (Fsp3) is 0.286. The largest absolute Gasteiger partial charge is 0.468 e. The Morgan fingerprint density at radius 2 is 2.08 bits per heavy atom. The van der Waals surface area contributed by atoms with Gasteiger partial charge in [-0.15, -0.1) is 10.2 Å². The van der Waals surface area contributed by atoms with Crippen LogP contribution in [0.4, 0.5) is 0 Å². The van der Waals surface area contributed by atoms with Gasteiger partial charge in [0.15, 0.2) is 16.2 Å². The van der Waals surface area contributed by atoms with Gasteiger partial charge in [0.2, 0.25) is 5.66 Å². The molecule has 0 saturated carbocycles. The van der Waals surface area contributed by atoms with Crippen molar-refractivity contribution >= 4 is 29.6 Å². The molecule has 25 heavy (non-hydrogen) atoms. The first-order chi connectivity index (χ1) is 12.0. The zero-order chi connectivity index (χ0) is 17.8. The number of hydrogen-bond donors (Lipinski definition) is 1. The van der Waals surface area contributed by atoms with Crippen molar-refractivity contribution in [1.29, 1.82) is 0 Å². The van der Waals surface area contributed by atoms with Gasteiger partial charge in [-0.1, -0.05) is 11.8 Å². The summed E-state index contributed by atoms with van der Waals surface area (Å²) in [7, 11) is 2.37. The third kappa shape index (κ3) is 1.86. The molecule has 4 rings (SSSR count). The molecule has 4 heterocycles. The average Bonchev–Trinajstić information content (AvgIpc) is 3.16. The molecule has 1 amide bonds. The number of hydrogen-bond acceptors (Lipinski definition) is 9. The van der Waals surface area contributed by atoms with Crippen molar-refractivity contribution in [2.45, 2.75) is 16.1 Å². The lowest BCUT2D eigenvalue weighted by Crippen LogP contribution is -2.62. The molecule has 11 heteroatoms. The maximum absolute atomic E-state index is 12.8. The van der Waals surface area contributed by atoms with Crippen LogP contribution in [0.1, 0.15) is 10.4 Å². The molecule has 2 aliphatic heterocycles. The molecule has 0 bridgehead atoms. The molecule has 10 nitrogen and oxygen atoms in total. The smallest absolute Gasteiger partial charge is 0.355 e. The first kappa shape index (κ1) is 15.6. The van der Waals surface area contributed by atoms with E-state index >= 15 is 0 Å². The molecular formula is C14H11N5O5S. The first-order valence-corrected chi connectivity index (χ1v) is 7.98. The van der Waals surface area contributed by atoms with Crippen LogP contribution in [0.2, 0.25) is 0 Å². The number of methoxy groups -OCH3 is 2. The standard InChI is InChI=1S/C14H11N5O5S/c1-23-11(21)8-14(12(22)24-2)16-10(20)6-3-4-15-5-7(6)9-17-18-13(25-8)19(9)14/h3-5,8H,1-2H3,(H,16,20)/t8-,14-/m0/s1. The lowest BCUT2D eigenvalue weighted by atomic mass is 10.0. The number of carbonyl (C=O) groups excluding carboxylic acids is 3. The monoisotopic (exact) mass is 361 g/mol. The third-order valence-corrected chi connectivity index (χ3v) is 5.36. The van der Waals surface area contributed by atoms with E-state index in [-0.39, 0.29) is 16.5 Å². The maximum Gasteiger partial charge on any atom is 0.355 e. The predicted molar refractivity (Wildman–Crippen MR) is 82.4 cm³/mol. The number of nitrogens with one attached hydrogen (secondary N) is 1. The van der Waals surface area contributed by atoms with Gasteiger partial charge in [-0.2, -0.15) is 0 Å². The number of carbonyl (C=O) groups is 3. The van der Waals surface area contributed by atoms with E-state index in [4.69, 9.17) is 9.47 Å². The SMILES string of the molecule is COC(=O)[C@@H]1Sc2nnc3n2[C@@]1(C(=O)OC)NC(=O)c1ccncc1-3. The topological polar surface area (TPSA) is 125 Å². The highest BCUT2D eigenvalue weighted by Crippen LogP contribution is 2.47. The second-order valence-corrected chi connectivity index (χ2v) is 6.37. The average molecular weight is 361 g/mol. The molecule has 0 spiro atoms. The van der Waals surface area contributed by atoms with Crippen molar-refractivity contribution in [2.24, 2.45) is 0 Å². The summed E-state index contributed by atoms with van der Waals surface area (Å²) in [6, 6.07) is 1.50. The Morgan fingerprint density at radius 1 is 1.28 bits per heavy atom. The number of nitrogens with zero attached hydrogens (tertiary/aromatic N) is 4. The number of fused-ring (bicyclic) bond motifs is 2. The second kappa shape index (κ2) is 5.28. The van der Waals surface area contributed by atoms with Crippen molar-refractivity contribution in [3.05, 3.63) is 24.0 Å². The van der Waals surface area contributed by atoms with Gasteiger partial charge in [0.25, 0.3) is 5.91 Å². The number of amides is 1. The van der Waals surface area contributed by atoms with Gasteiger partial charge in [0.1, 0.15) is 0 Å². The predicted octanol–water partition coefficient (Wildman–Crippen LogP) is -0.443. The van der Waals surface area contributed by atoms with Crippen molar-refractivity contribution in [2.75, 3.05) is 14.2 Å². The molecule has 128 valence electrons. The molecule has 0 unspecified atom stereocenters. The Balaban J connectivity index is 2.05. The van der Waals surface area contributed by atoms with Crippen molar-refractivity contribution in [3.63, 3.8) is 0 Å². The lowest BCUT2D eigenvalue weighted by Gasteiger charge is -2.31. The summed E-state index contributed by atoms with van der Waals surface area (Å²) < 4.78 is 11.1. The number of ether oxygens (including phenoxy) is 2. The van der Waals surface area contributed by atoms with Crippen LogP contribution in [-0.4, -0.2) is 57.1 Å². The summed E-state index contributed by atoms with van der Waals surface area (Å²) in [5, 5.41) is 9.91. The van der Waals surface area contributed by atoms with Gasteiger partial charge in [0.05, 0.1) is 25.3 Å². The van der Waals surface area contributed by atoms with Crippen LogP contribution in [0.15, 0.2) is 23.6 Å². The molecule has 0 radical (unpaired) electrons. The van der Waals surface area contributed by atoms with E-state index in [0.29, 0.717) is 5.56 Å². The summed E-state index contributed by atoms with van der Waals surface area (Å²) in [6.07, 6.45) is 2.90. The van der Waals surface area contributed by atoms with Gasteiger partial charge >= 0.3 is 11.9 Å². The molecule has 1 N–H and O–H groups in total. The lowest BCUT2D eigenvalue weighted by molar-refractivity contribution is -0.158. The zero-order valence-electron chi connectivity index (χ0n) is 13.0. The number of rotatable bonds is 2. The Bertz CT molecular complexity index is 928. The number of thioether (sulfide) groups is 1. The van der Waals surface area contributed by atoms with Crippen LogP contribution in [0.5, 0.6) is 0 Å². The van der Waals surface area contributed by atoms with Crippen molar-refractivity contribution in [3.8, 4) is 11.4 Å². The highest BCUT2D eigenvalue weighted by molar-refractivity contribution is 8.00. The Kier molecular flexibility index (Phi) is 3.29. The van der Waals surface area contributed by atoms with Gasteiger partial charge in [-0.3, -0.25) is 19.1 Å².